The normalized spacial score (nSPS) is 22.6. The number of carbonyl (C=O) groups excluding carboxylic acids is 1. The number of hydrogen-bond donors (Lipinski definition) is 0. The van der Waals surface area contributed by atoms with Crippen LogP contribution < -0.4 is 0 Å². The third-order valence-corrected chi connectivity index (χ3v) is 5.44. The highest BCUT2D eigenvalue weighted by molar-refractivity contribution is 14.1. The van der Waals surface area contributed by atoms with E-state index in [1.165, 1.54) is 0 Å². The molecular weight excluding hydrogens is 441 g/mol. The average molecular weight is 457 g/mol. The second-order valence-corrected chi connectivity index (χ2v) is 8.16. The molecule has 1 aromatic carbocycles. The van der Waals surface area contributed by atoms with Crippen LogP contribution in [0, 0.1) is 26.6 Å². The highest BCUT2D eigenvalue weighted by atomic mass is 127. The van der Waals surface area contributed by atoms with Crippen molar-refractivity contribution < 1.29 is 13.9 Å². The summed E-state index contributed by atoms with van der Waals surface area (Å²) in [6.07, 6.45) is 2.40. The summed E-state index contributed by atoms with van der Waals surface area (Å²) in [6.45, 7) is 3.91. The van der Waals surface area contributed by atoms with Gasteiger partial charge in [0.05, 0.1) is 5.92 Å². The Labute approximate surface area is 153 Å². The van der Waals surface area contributed by atoms with Crippen molar-refractivity contribution in [1.29, 1.82) is 0 Å². The van der Waals surface area contributed by atoms with E-state index in [1.807, 2.05) is 36.4 Å². The number of ether oxygens (including phenoxy) is 1. The van der Waals surface area contributed by atoms with Gasteiger partial charge in [0.25, 0.3) is 0 Å². The first-order valence-corrected chi connectivity index (χ1v) is 8.69. The predicted octanol–water partition coefficient (Wildman–Crippen LogP) is 5.45. The van der Waals surface area contributed by atoms with E-state index in [9.17, 15) is 9.18 Å². The number of allylic oxidation sites excluding steroid dienone is 1. The molecule has 0 radical (unpaired) electrons. The van der Waals surface area contributed by atoms with Gasteiger partial charge in [-0.15, -0.1) is 0 Å². The Morgan fingerprint density at radius 3 is 2.77 bits per heavy atom. The van der Waals surface area contributed by atoms with Gasteiger partial charge in [-0.25, -0.2) is 4.39 Å². The van der Waals surface area contributed by atoms with Gasteiger partial charge in [-0.1, -0.05) is 55.3 Å². The van der Waals surface area contributed by atoms with Crippen LogP contribution in [0.1, 0.15) is 25.8 Å². The molecule has 1 aliphatic rings. The Kier molecular flexibility index (Phi) is 5.78. The van der Waals surface area contributed by atoms with Crippen molar-refractivity contribution in [3.05, 3.63) is 43.7 Å². The third-order valence-electron chi connectivity index (χ3n) is 4.36. The summed E-state index contributed by atoms with van der Waals surface area (Å²) in [5.41, 5.74) is 0.119. The van der Waals surface area contributed by atoms with Gasteiger partial charge in [-0.2, -0.15) is 0 Å². The van der Waals surface area contributed by atoms with Crippen LogP contribution in [0.15, 0.2) is 28.8 Å². The van der Waals surface area contributed by atoms with Gasteiger partial charge in [-0.05, 0) is 46.4 Å². The molecule has 22 heavy (non-hydrogen) atoms. The van der Waals surface area contributed by atoms with Crippen molar-refractivity contribution in [2.45, 2.75) is 26.9 Å². The molecule has 2 nitrogen and oxygen atoms in total. The molecule has 0 amide bonds. The number of carbonyl (C=O) groups is 1. The first-order valence-electron chi connectivity index (χ1n) is 6.85. The van der Waals surface area contributed by atoms with E-state index in [0.717, 1.165) is 0 Å². The summed E-state index contributed by atoms with van der Waals surface area (Å²) in [5, 5.41) is 0. The molecule has 2 atom stereocenters. The highest BCUT2D eigenvalue weighted by Crippen LogP contribution is 2.53. The Bertz CT molecular complexity index is 612. The van der Waals surface area contributed by atoms with Gasteiger partial charge in [-0.3, -0.25) is 4.79 Å². The maximum Gasteiger partial charge on any atom is 0.309 e. The van der Waals surface area contributed by atoms with Gasteiger partial charge < -0.3 is 4.74 Å². The molecule has 1 fully saturated rings. The average Bonchev–Trinajstić information content (AvgIpc) is 2.44. The van der Waals surface area contributed by atoms with Crippen LogP contribution in [0.25, 0.3) is 0 Å². The molecule has 120 valence electrons. The van der Waals surface area contributed by atoms with Crippen LogP contribution in [-0.4, -0.2) is 5.97 Å². The molecule has 0 heterocycles. The molecule has 0 aliphatic heterocycles. The zero-order valence-electron chi connectivity index (χ0n) is 12.2. The fraction of sp³-hybridized carbons (Fsp3) is 0.438. The zero-order valence-corrected chi connectivity index (χ0v) is 15.9. The Hall–Kier alpha value is -0.330. The summed E-state index contributed by atoms with van der Waals surface area (Å²) in [4.78, 5) is 12.2. The Morgan fingerprint density at radius 1 is 1.50 bits per heavy atom. The minimum absolute atomic E-state index is 0.0507. The van der Waals surface area contributed by atoms with Crippen molar-refractivity contribution >= 4 is 51.8 Å². The first kappa shape index (κ1) is 18.0. The molecule has 0 saturated heterocycles. The molecule has 1 aromatic rings. The van der Waals surface area contributed by atoms with Gasteiger partial charge in [0, 0.05) is 9.13 Å². The summed E-state index contributed by atoms with van der Waals surface area (Å²) in [5.74, 6) is -0.728. The number of rotatable bonds is 4. The van der Waals surface area contributed by atoms with Crippen LogP contribution in [0.3, 0.4) is 0 Å². The maximum atomic E-state index is 13.9. The lowest BCUT2D eigenvalue weighted by Gasteiger charge is -2.49. The smallest absolute Gasteiger partial charge is 0.309 e. The maximum absolute atomic E-state index is 13.9. The van der Waals surface area contributed by atoms with E-state index >= 15 is 0 Å². The predicted molar refractivity (Wildman–Crippen MR) is 94.1 cm³/mol. The lowest BCUT2D eigenvalue weighted by atomic mass is 9.55. The van der Waals surface area contributed by atoms with Crippen LogP contribution in [-0.2, 0) is 16.1 Å². The standard InChI is InChI=1S/C16H16Cl2FIO2/c1-16(2)10(7-13(17)18)6-11(16)15(21)22-8-9-4-3-5-12(20)14(9)19/h3-5,7,10-11H,6,8H2,1-2H3. The molecule has 2 rings (SSSR count). The molecule has 1 aliphatic carbocycles. The topological polar surface area (TPSA) is 26.3 Å². The van der Waals surface area contributed by atoms with E-state index in [-0.39, 0.29) is 40.1 Å². The lowest BCUT2D eigenvalue weighted by molar-refractivity contribution is -0.164. The van der Waals surface area contributed by atoms with Gasteiger partial charge in [0.15, 0.2) is 0 Å². The summed E-state index contributed by atoms with van der Waals surface area (Å²) < 4.78 is 19.9. The van der Waals surface area contributed by atoms with Crippen molar-refractivity contribution in [3.8, 4) is 0 Å². The van der Waals surface area contributed by atoms with E-state index in [0.29, 0.717) is 15.6 Å². The van der Waals surface area contributed by atoms with E-state index in [4.69, 9.17) is 27.9 Å². The van der Waals surface area contributed by atoms with Crippen LogP contribution >= 0.6 is 45.8 Å². The number of hydrogen-bond acceptors (Lipinski definition) is 2. The van der Waals surface area contributed by atoms with Gasteiger partial charge in [0.2, 0.25) is 0 Å². The minimum Gasteiger partial charge on any atom is -0.460 e. The second kappa shape index (κ2) is 7.05. The summed E-state index contributed by atoms with van der Waals surface area (Å²) in [6, 6.07) is 5.03. The number of benzene rings is 1. The largest absolute Gasteiger partial charge is 0.460 e. The van der Waals surface area contributed by atoms with Gasteiger partial charge >= 0.3 is 5.97 Å². The van der Waals surface area contributed by atoms with E-state index in [1.54, 1.807) is 24.3 Å². The van der Waals surface area contributed by atoms with Crippen LogP contribution in [0.4, 0.5) is 4.39 Å². The lowest BCUT2D eigenvalue weighted by Crippen LogP contribution is -2.48. The molecule has 0 bridgehead atoms. The van der Waals surface area contributed by atoms with Crippen molar-refractivity contribution in [1.82, 2.24) is 0 Å². The second-order valence-electron chi connectivity index (χ2n) is 5.99. The van der Waals surface area contributed by atoms with Crippen molar-refractivity contribution in [2.75, 3.05) is 0 Å². The molecule has 2 unspecified atom stereocenters. The Balaban J connectivity index is 1.97. The Morgan fingerprint density at radius 2 is 2.18 bits per heavy atom. The number of halogens is 4. The monoisotopic (exact) mass is 456 g/mol. The molecule has 0 N–H and O–H groups in total. The fourth-order valence-corrected chi connectivity index (χ4v) is 3.56. The molecule has 6 heteroatoms. The molecule has 1 saturated carbocycles. The highest BCUT2D eigenvalue weighted by Gasteiger charge is 2.51. The molecule has 0 aromatic heterocycles. The van der Waals surface area contributed by atoms with Gasteiger partial charge in [0.1, 0.15) is 16.9 Å². The molecular formula is C16H16Cl2FIO2. The first-order chi connectivity index (χ1) is 10.2. The van der Waals surface area contributed by atoms with E-state index < -0.39 is 0 Å². The zero-order chi connectivity index (χ0) is 16.5. The van der Waals surface area contributed by atoms with E-state index in [2.05, 4.69) is 0 Å². The van der Waals surface area contributed by atoms with Crippen LogP contribution in [0.2, 0.25) is 0 Å². The fourth-order valence-electron chi connectivity index (χ4n) is 2.70. The van der Waals surface area contributed by atoms with Crippen LogP contribution in [0.5, 0.6) is 0 Å². The summed E-state index contributed by atoms with van der Waals surface area (Å²) in [7, 11) is 0. The minimum atomic E-state index is -0.335. The third kappa shape index (κ3) is 3.77. The van der Waals surface area contributed by atoms with Crippen molar-refractivity contribution in [3.63, 3.8) is 0 Å². The number of esters is 1. The van der Waals surface area contributed by atoms with Crippen molar-refractivity contribution in [2.24, 2.45) is 17.3 Å². The summed E-state index contributed by atoms with van der Waals surface area (Å²) >= 11 is 13.3. The molecule has 0 spiro atoms. The SMILES string of the molecule is CC1(C)C(C=C(Cl)Cl)CC1C(=O)OCc1cccc(I)c1F. The quantitative estimate of drug-likeness (QED) is 0.444.